The zero-order valence-corrected chi connectivity index (χ0v) is 21.6. The van der Waals surface area contributed by atoms with E-state index in [0.717, 1.165) is 62.3 Å². The number of aromatic nitrogens is 1. The molecule has 2 aliphatic heterocycles. The van der Waals surface area contributed by atoms with Crippen LogP contribution in [0, 0.1) is 6.92 Å². The normalized spacial score (nSPS) is 20.8. The molecule has 0 saturated carbocycles. The van der Waals surface area contributed by atoms with E-state index in [1.54, 1.807) is 13.3 Å². The Morgan fingerprint density at radius 1 is 1.08 bits per heavy atom. The first-order valence-corrected chi connectivity index (χ1v) is 13.1. The van der Waals surface area contributed by atoms with Crippen LogP contribution in [0.3, 0.4) is 0 Å². The molecule has 3 atom stereocenters. The zero-order chi connectivity index (χ0) is 25.5. The fraction of sp³-hybridized carbons (Fsp3) is 0.536. The minimum absolute atomic E-state index is 0.0466. The molecule has 1 unspecified atom stereocenters. The second-order valence-electron chi connectivity index (χ2n) is 9.69. The molecule has 2 N–H and O–H groups in total. The van der Waals surface area contributed by atoms with Crippen molar-refractivity contribution in [2.75, 3.05) is 31.8 Å². The second kappa shape index (κ2) is 12.2. The number of pyridine rings is 1. The Morgan fingerprint density at radius 2 is 1.86 bits per heavy atom. The highest BCUT2D eigenvalue weighted by molar-refractivity contribution is 5.96. The Hall–Kier alpha value is -3.13. The summed E-state index contributed by atoms with van der Waals surface area (Å²) in [6.45, 7) is 5.99. The summed E-state index contributed by atoms with van der Waals surface area (Å²) in [5.41, 5.74) is 2.08. The highest BCUT2D eigenvalue weighted by Crippen LogP contribution is 2.38. The molecule has 2 aromatic rings. The van der Waals surface area contributed by atoms with Gasteiger partial charge in [-0.15, -0.1) is 0 Å². The molecule has 194 valence electrons. The van der Waals surface area contributed by atoms with Crippen molar-refractivity contribution in [3.05, 3.63) is 53.2 Å². The number of fused-ring (bicyclic) bond motifs is 2. The molecule has 2 saturated heterocycles. The van der Waals surface area contributed by atoms with Crippen molar-refractivity contribution in [2.45, 2.75) is 70.5 Å². The first-order valence-electron chi connectivity index (χ1n) is 13.1. The highest BCUT2D eigenvalue weighted by Gasteiger charge is 2.41. The van der Waals surface area contributed by atoms with E-state index in [4.69, 9.17) is 9.47 Å². The van der Waals surface area contributed by atoms with Gasteiger partial charge in [0.15, 0.2) is 0 Å². The van der Waals surface area contributed by atoms with E-state index in [2.05, 4.69) is 27.4 Å². The Bertz CT molecular complexity index is 1030. The van der Waals surface area contributed by atoms with Gasteiger partial charge in [-0.05, 0) is 69.7 Å². The summed E-state index contributed by atoms with van der Waals surface area (Å²) in [4.78, 5) is 32.4. The molecule has 0 radical (unpaired) electrons. The summed E-state index contributed by atoms with van der Waals surface area (Å²) in [5, 5.41) is 6.19. The van der Waals surface area contributed by atoms with Gasteiger partial charge < -0.3 is 25.0 Å². The quantitative estimate of drug-likeness (QED) is 0.461. The number of rotatable bonds is 11. The van der Waals surface area contributed by atoms with Gasteiger partial charge in [0.1, 0.15) is 11.6 Å². The van der Waals surface area contributed by atoms with Crippen LogP contribution in [0.25, 0.3) is 0 Å². The summed E-state index contributed by atoms with van der Waals surface area (Å²) >= 11 is 0. The van der Waals surface area contributed by atoms with Crippen molar-refractivity contribution < 1.29 is 19.1 Å². The van der Waals surface area contributed by atoms with E-state index in [0.29, 0.717) is 36.4 Å². The van der Waals surface area contributed by atoms with Crippen LogP contribution in [0.15, 0.2) is 36.5 Å². The van der Waals surface area contributed by atoms with Gasteiger partial charge >= 0.3 is 0 Å². The third-order valence-corrected chi connectivity index (χ3v) is 7.19. The maximum absolute atomic E-state index is 13.0. The van der Waals surface area contributed by atoms with Crippen LogP contribution in [0.5, 0.6) is 5.75 Å². The lowest BCUT2D eigenvalue weighted by atomic mass is 9.96. The topological polar surface area (TPSA) is 92.8 Å². The molecular formula is C28H38N4O4. The predicted octanol–water partition coefficient (Wildman–Crippen LogP) is 3.87. The van der Waals surface area contributed by atoms with Crippen LogP contribution < -0.4 is 20.3 Å². The zero-order valence-electron chi connectivity index (χ0n) is 21.6. The lowest BCUT2D eigenvalue weighted by Gasteiger charge is -2.40. The van der Waals surface area contributed by atoms with Gasteiger partial charge in [0.25, 0.3) is 11.8 Å². The Balaban J connectivity index is 1.31. The van der Waals surface area contributed by atoms with Crippen LogP contribution in [0.2, 0.25) is 0 Å². The lowest BCUT2D eigenvalue weighted by molar-refractivity contribution is 0.0922. The summed E-state index contributed by atoms with van der Waals surface area (Å²) in [6.07, 6.45) is 7.39. The second-order valence-corrected chi connectivity index (χ2v) is 9.69. The minimum atomic E-state index is -0.109. The molecule has 2 fully saturated rings. The van der Waals surface area contributed by atoms with Crippen molar-refractivity contribution in [3.8, 4) is 5.75 Å². The number of benzene rings is 1. The number of nitrogens with one attached hydrogen (secondary N) is 2. The average Bonchev–Trinajstić information content (AvgIpc) is 3.16. The fourth-order valence-electron chi connectivity index (χ4n) is 5.41. The Labute approximate surface area is 213 Å². The van der Waals surface area contributed by atoms with Crippen LogP contribution in [-0.4, -0.2) is 61.8 Å². The molecular weight excluding hydrogens is 456 g/mol. The smallest absolute Gasteiger partial charge is 0.252 e. The van der Waals surface area contributed by atoms with Crippen molar-refractivity contribution >= 4 is 17.6 Å². The largest absolute Gasteiger partial charge is 0.496 e. The molecule has 8 heteroatoms. The molecule has 1 aromatic carbocycles. The number of carbonyl (C=O) groups is 2. The molecule has 2 aliphatic rings. The fourth-order valence-corrected chi connectivity index (χ4v) is 5.41. The lowest BCUT2D eigenvalue weighted by Crippen LogP contribution is -2.50. The summed E-state index contributed by atoms with van der Waals surface area (Å²) in [5.74, 6) is 1.47. The van der Waals surface area contributed by atoms with Crippen molar-refractivity contribution in [1.82, 2.24) is 15.6 Å². The molecule has 2 amide bonds. The maximum atomic E-state index is 13.0. The van der Waals surface area contributed by atoms with Crippen LogP contribution in [0.4, 0.5) is 5.82 Å². The maximum Gasteiger partial charge on any atom is 0.252 e. The number of methoxy groups -OCH3 is 1. The van der Waals surface area contributed by atoms with Gasteiger partial charge in [-0.25, -0.2) is 4.98 Å². The van der Waals surface area contributed by atoms with E-state index in [9.17, 15) is 9.59 Å². The van der Waals surface area contributed by atoms with Crippen LogP contribution in [-0.2, 0) is 4.74 Å². The minimum Gasteiger partial charge on any atom is -0.496 e. The number of amides is 2. The molecule has 3 heterocycles. The van der Waals surface area contributed by atoms with Crippen molar-refractivity contribution in [3.63, 3.8) is 0 Å². The first-order chi connectivity index (χ1) is 17.5. The Morgan fingerprint density at radius 3 is 2.53 bits per heavy atom. The van der Waals surface area contributed by atoms with E-state index in [1.165, 1.54) is 0 Å². The number of anilines is 1. The third kappa shape index (κ3) is 5.98. The number of carbonyl (C=O) groups excluding carboxylic acids is 2. The molecule has 4 rings (SSSR count). The molecule has 1 aromatic heterocycles. The molecule has 36 heavy (non-hydrogen) atoms. The number of ether oxygens (including phenoxy) is 2. The summed E-state index contributed by atoms with van der Waals surface area (Å²) in [7, 11) is 1.62. The first kappa shape index (κ1) is 25.9. The number of piperidine rings is 1. The SMILES string of the molecule is CCCOCCCNC(=O)c1ccc(N2[C@@H]3CC[C@H]2CC(NC(=O)c2cccc(OC)c2C)C3)nc1. The van der Waals surface area contributed by atoms with Crippen molar-refractivity contribution in [1.29, 1.82) is 0 Å². The van der Waals surface area contributed by atoms with Crippen LogP contribution in [0.1, 0.15) is 71.7 Å². The van der Waals surface area contributed by atoms with E-state index in [-0.39, 0.29) is 17.9 Å². The van der Waals surface area contributed by atoms with E-state index in [1.807, 2.05) is 37.3 Å². The summed E-state index contributed by atoms with van der Waals surface area (Å²) in [6, 6.07) is 10.2. The average molecular weight is 495 g/mol. The van der Waals surface area contributed by atoms with Gasteiger partial charge in [-0.2, -0.15) is 0 Å². The molecule has 0 spiro atoms. The van der Waals surface area contributed by atoms with Gasteiger partial charge in [-0.3, -0.25) is 9.59 Å². The third-order valence-electron chi connectivity index (χ3n) is 7.19. The van der Waals surface area contributed by atoms with Crippen molar-refractivity contribution in [2.24, 2.45) is 0 Å². The van der Waals surface area contributed by atoms with Crippen LogP contribution >= 0.6 is 0 Å². The molecule has 8 nitrogen and oxygen atoms in total. The monoisotopic (exact) mass is 494 g/mol. The van der Waals surface area contributed by atoms with Gasteiger partial charge in [0.05, 0.1) is 12.7 Å². The standard InChI is InChI=1S/C28H38N4O4/c1-4-14-36-15-6-13-29-27(33)20-9-12-26(30-18-20)32-22-10-11-23(32)17-21(16-22)31-28(34)24-7-5-8-25(35-3)19(24)2/h5,7-9,12,18,21-23H,4,6,10-11,13-17H2,1-3H3,(H,29,33)(H,31,34)/t21?,22-,23+. The number of nitrogens with zero attached hydrogens (tertiary/aromatic N) is 2. The molecule has 0 aliphatic carbocycles. The van der Waals surface area contributed by atoms with Gasteiger partial charge in [0, 0.05) is 55.2 Å². The van der Waals surface area contributed by atoms with Gasteiger partial charge in [0.2, 0.25) is 0 Å². The van der Waals surface area contributed by atoms with E-state index >= 15 is 0 Å². The van der Waals surface area contributed by atoms with Gasteiger partial charge in [-0.1, -0.05) is 13.0 Å². The Kier molecular flexibility index (Phi) is 8.80. The molecule has 2 bridgehead atoms. The predicted molar refractivity (Wildman–Crippen MR) is 140 cm³/mol. The number of hydrogen-bond donors (Lipinski definition) is 2. The van der Waals surface area contributed by atoms with E-state index < -0.39 is 0 Å². The highest BCUT2D eigenvalue weighted by atomic mass is 16.5. The number of hydrogen-bond acceptors (Lipinski definition) is 6. The summed E-state index contributed by atoms with van der Waals surface area (Å²) < 4.78 is 10.8.